The lowest BCUT2D eigenvalue weighted by Crippen LogP contribution is -2.05. The lowest BCUT2D eigenvalue weighted by atomic mass is 9.90. The van der Waals surface area contributed by atoms with Gasteiger partial charge in [-0.1, -0.05) is 29.8 Å². The topological polar surface area (TPSA) is 12.9 Å². The van der Waals surface area contributed by atoms with Gasteiger partial charge in [-0.15, -0.1) is 0 Å². The van der Waals surface area contributed by atoms with Crippen LogP contribution >= 0.6 is 11.6 Å². The van der Waals surface area contributed by atoms with Crippen molar-refractivity contribution < 1.29 is 0 Å². The van der Waals surface area contributed by atoms with Gasteiger partial charge in [-0.25, -0.2) is 4.98 Å². The summed E-state index contributed by atoms with van der Waals surface area (Å²) in [7, 11) is 0. The fraction of sp³-hybridized carbons (Fsp3) is 0.308. The second-order valence-corrected chi connectivity index (χ2v) is 4.44. The van der Waals surface area contributed by atoms with Crippen LogP contribution in [0.25, 0.3) is 10.9 Å². The Morgan fingerprint density at radius 2 is 1.73 bits per heavy atom. The van der Waals surface area contributed by atoms with E-state index in [1.807, 2.05) is 12.1 Å². The lowest BCUT2D eigenvalue weighted by molar-refractivity contribution is 0.687. The van der Waals surface area contributed by atoms with Crippen LogP contribution in [0, 0.1) is 0 Å². The zero-order chi connectivity index (χ0) is 10.3. The van der Waals surface area contributed by atoms with Crippen molar-refractivity contribution in [2.45, 2.75) is 25.7 Å². The summed E-state index contributed by atoms with van der Waals surface area (Å²) in [6.45, 7) is 0. The summed E-state index contributed by atoms with van der Waals surface area (Å²) in [5.41, 5.74) is 3.74. The van der Waals surface area contributed by atoms with Gasteiger partial charge in [0, 0.05) is 5.39 Å². The first-order chi connectivity index (χ1) is 7.36. The highest BCUT2D eigenvalue weighted by Gasteiger charge is 2.16. The van der Waals surface area contributed by atoms with E-state index in [0.29, 0.717) is 5.15 Å². The molecule has 0 saturated carbocycles. The van der Waals surface area contributed by atoms with Crippen LogP contribution in [0.5, 0.6) is 0 Å². The Morgan fingerprint density at radius 3 is 2.60 bits per heavy atom. The maximum Gasteiger partial charge on any atom is 0.133 e. The molecule has 1 aromatic heterocycles. The minimum atomic E-state index is 0.711. The molecular weight excluding hydrogens is 206 g/mol. The third-order valence-corrected chi connectivity index (χ3v) is 3.48. The van der Waals surface area contributed by atoms with Gasteiger partial charge in [0.05, 0.1) is 5.52 Å². The van der Waals surface area contributed by atoms with Crippen LogP contribution < -0.4 is 0 Å². The van der Waals surface area contributed by atoms with Crippen LogP contribution in [0.2, 0.25) is 5.15 Å². The number of para-hydroxylation sites is 1. The largest absolute Gasteiger partial charge is 0.236 e. The van der Waals surface area contributed by atoms with Gasteiger partial charge >= 0.3 is 0 Å². The fourth-order valence-electron chi connectivity index (χ4n) is 2.43. The van der Waals surface area contributed by atoms with Crippen LogP contribution in [-0.4, -0.2) is 4.98 Å². The molecule has 1 aromatic carbocycles. The molecule has 15 heavy (non-hydrogen) atoms. The summed E-state index contributed by atoms with van der Waals surface area (Å²) < 4.78 is 0. The van der Waals surface area contributed by atoms with E-state index in [-0.39, 0.29) is 0 Å². The Kier molecular flexibility index (Phi) is 2.14. The number of halogens is 1. The zero-order valence-electron chi connectivity index (χ0n) is 8.46. The molecule has 2 aromatic rings. The predicted octanol–water partition coefficient (Wildman–Crippen LogP) is 3.77. The second kappa shape index (κ2) is 3.49. The highest BCUT2D eigenvalue weighted by molar-refractivity contribution is 6.30. The Bertz CT molecular complexity index is 519. The molecule has 0 radical (unpaired) electrons. The molecule has 76 valence electrons. The summed E-state index contributed by atoms with van der Waals surface area (Å²) in [5.74, 6) is 0. The number of aromatic nitrogens is 1. The molecule has 0 N–H and O–H groups in total. The number of hydrogen-bond acceptors (Lipinski definition) is 1. The van der Waals surface area contributed by atoms with E-state index in [4.69, 9.17) is 11.6 Å². The van der Waals surface area contributed by atoms with Crippen molar-refractivity contribution in [2.75, 3.05) is 0 Å². The number of benzene rings is 1. The molecule has 1 heterocycles. The number of fused-ring (bicyclic) bond motifs is 3. The van der Waals surface area contributed by atoms with Crippen molar-refractivity contribution in [3.63, 3.8) is 0 Å². The van der Waals surface area contributed by atoms with E-state index in [1.165, 1.54) is 29.4 Å². The van der Waals surface area contributed by atoms with Gasteiger partial charge < -0.3 is 0 Å². The first-order valence-electron chi connectivity index (χ1n) is 5.42. The summed E-state index contributed by atoms with van der Waals surface area (Å²) in [5, 5.41) is 2.00. The van der Waals surface area contributed by atoms with E-state index in [0.717, 1.165) is 18.4 Å². The molecule has 1 nitrogen and oxygen atoms in total. The molecule has 1 aliphatic carbocycles. The Labute approximate surface area is 94.1 Å². The maximum absolute atomic E-state index is 6.21. The number of hydrogen-bond donors (Lipinski definition) is 0. The van der Waals surface area contributed by atoms with Gasteiger partial charge in [0.2, 0.25) is 0 Å². The molecule has 0 spiro atoms. The molecule has 0 amide bonds. The second-order valence-electron chi connectivity index (χ2n) is 4.08. The average molecular weight is 218 g/mol. The molecule has 0 unspecified atom stereocenters. The fourth-order valence-corrected chi connectivity index (χ4v) is 2.73. The summed E-state index contributed by atoms with van der Waals surface area (Å²) in [6.07, 6.45) is 4.76. The van der Waals surface area contributed by atoms with Crippen molar-refractivity contribution >= 4 is 22.5 Å². The van der Waals surface area contributed by atoms with E-state index < -0.39 is 0 Å². The SMILES string of the molecule is Clc1nc2ccccc2c2c1CCCC2. The van der Waals surface area contributed by atoms with E-state index >= 15 is 0 Å². The highest BCUT2D eigenvalue weighted by Crippen LogP contribution is 2.32. The van der Waals surface area contributed by atoms with Gasteiger partial charge in [0.25, 0.3) is 0 Å². The molecule has 3 rings (SSSR count). The number of rotatable bonds is 0. The Hall–Kier alpha value is -1.08. The average Bonchev–Trinajstić information content (AvgIpc) is 2.30. The van der Waals surface area contributed by atoms with E-state index in [1.54, 1.807) is 0 Å². The molecule has 0 saturated heterocycles. The lowest BCUT2D eigenvalue weighted by Gasteiger charge is -2.18. The van der Waals surface area contributed by atoms with Gasteiger partial charge in [-0.05, 0) is 42.9 Å². The van der Waals surface area contributed by atoms with Crippen molar-refractivity contribution in [1.82, 2.24) is 4.98 Å². The van der Waals surface area contributed by atoms with Crippen LogP contribution in [0.15, 0.2) is 24.3 Å². The Balaban J connectivity index is 2.39. The number of nitrogens with zero attached hydrogens (tertiary/aromatic N) is 1. The molecule has 0 aliphatic heterocycles. The van der Waals surface area contributed by atoms with Gasteiger partial charge in [0.15, 0.2) is 0 Å². The van der Waals surface area contributed by atoms with E-state index in [2.05, 4.69) is 17.1 Å². The highest BCUT2D eigenvalue weighted by atomic mass is 35.5. The summed E-state index contributed by atoms with van der Waals surface area (Å²) >= 11 is 6.21. The van der Waals surface area contributed by atoms with Crippen molar-refractivity contribution in [3.8, 4) is 0 Å². The van der Waals surface area contributed by atoms with Crippen LogP contribution in [0.4, 0.5) is 0 Å². The summed E-state index contributed by atoms with van der Waals surface area (Å²) in [6, 6.07) is 8.28. The van der Waals surface area contributed by atoms with Gasteiger partial charge in [0.1, 0.15) is 5.15 Å². The molecule has 2 heteroatoms. The maximum atomic E-state index is 6.21. The van der Waals surface area contributed by atoms with Crippen LogP contribution in [0.3, 0.4) is 0 Å². The number of aryl methyl sites for hydroxylation is 1. The monoisotopic (exact) mass is 217 g/mol. The van der Waals surface area contributed by atoms with Crippen molar-refractivity contribution in [2.24, 2.45) is 0 Å². The third kappa shape index (κ3) is 1.42. The smallest absolute Gasteiger partial charge is 0.133 e. The Morgan fingerprint density at radius 1 is 1.00 bits per heavy atom. The minimum absolute atomic E-state index is 0.711. The van der Waals surface area contributed by atoms with Gasteiger partial charge in [-0.3, -0.25) is 0 Å². The quantitative estimate of drug-likeness (QED) is 0.613. The summed E-state index contributed by atoms with van der Waals surface area (Å²) in [4.78, 5) is 4.45. The molecule has 1 aliphatic rings. The predicted molar refractivity (Wildman–Crippen MR) is 63.4 cm³/mol. The third-order valence-electron chi connectivity index (χ3n) is 3.16. The van der Waals surface area contributed by atoms with Crippen molar-refractivity contribution in [3.05, 3.63) is 40.5 Å². The molecular formula is C13H12ClN. The van der Waals surface area contributed by atoms with Crippen LogP contribution in [-0.2, 0) is 12.8 Å². The zero-order valence-corrected chi connectivity index (χ0v) is 9.22. The minimum Gasteiger partial charge on any atom is -0.236 e. The first kappa shape index (κ1) is 9.17. The first-order valence-corrected chi connectivity index (χ1v) is 5.80. The van der Waals surface area contributed by atoms with E-state index in [9.17, 15) is 0 Å². The standard InChI is InChI=1S/C13H12ClN/c14-13-11-7-2-1-5-9(11)10-6-3-4-8-12(10)15-13/h3-4,6,8H,1-2,5,7H2. The van der Waals surface area contributed by atoms with Gasteiger partial charge in [-0.2, -0.15) is 0 Å². The number of pyridine rings is 1. The molecule has 0 atom stereocenters. The normalized spacial score (nSPS) is 15.3. The molecule has 0 fully saturated rings. The molecule has 0 bridgehead atoms. The van der Waals surface area contributed by atoms with Crippen LogP contribution in [0.1, 0.15) is 24.0 Å². The van der Waals surface area contributed by atoms with Crippen molar-refractivity contribution in [1.29, 1.82) is 0 Å².